The Bertz CT molecular complexity index is 1190. The Morgan fingerprint density at radius 2 is 1.22 bits per heavy atom. The minimum absolute atomic E-state index is 0.0284. The van der Waals surface area contributed by atoms with E-state index in [1.165, 1.54) is 24.3 Å². The second-order valence-corrected chi connectivity index (χ2v) is 13.9. The number of carbonyl (C=O) groups excluding carboxylic acids is 2. The maximum Gasteiger partial charge on any atom is 0.343 e. The molecule has 0 aliphatic carbocycles. The van der Waals surface area contributed by atoms with Gasteiger partial charge in [0.05, 0.1) is 29.2 Å². The van der Waals surface area contributed by atoms with E-state index in [1.807, 2.05) is 18.7 Å². The minimum atomic E-state index is -3.48. The number of nitrogens with zero attached hydrogens (tertiary/aromatic N) is 2. The van der Waals surface area contributed by atoms with Crippen LogP contribution in [-0.2, 0) is 23.2 Å². The van der Waals surface area contributed by atoms with Gasteiger partial charge in [0.15, 0.2) is 0 Å². The Kier molecular flexibility index (Phi) is 12.8. The standard InChI is InChI=1S/C17H25FNO4P.C13H15FINO/c1-4-22-24(21,23-5-2)16-7-6-12-19(17(16)20)13(3)14-8-10-15(18)11-9-14;1-9(10-4-6-11(14)7-5-10)16-8-2-3-12(15)13(16)17/h8-11,13,16H,4-7,12H2,1-3H3;4-7,9,12H,2-3,8H2,1H3/t13-,16?;9-,12?/m00/s1. The highest BCUT2D eigenvalue weighted by atomic mass is 127. The third kappa shape index (κ3) is 8.58. The van der Waals surface area contributed by atoms with Crippen molar-refractivity contribution in [2.24, 2.45) is 0 Å². The number of benzene rings is 2. The van der Waals surface area contributed by atoms with Crippen LogP contribution in [0.15, 0.2) is 48.5 Å². The van der Waals surface area contributed by atoms with Crippen molar-refractivity contribution in [2.75, 3.05) is 26.3 Å². The third-order valence-corrected chi connectivity index (χ3v) is 11.1. The molecular weight excluding hydrogens is 664 g/mol. The van der Waals surface area contributed by atoms with Crippen LogP contribution in [0.1, 0.15) is 76.6 Å². The summed E-state index contributed by atoms with van der Waals surface area (Å²) < 4.78 is 49.8. The van der Waals surface area contributed by atoms with E-state index in [0.717, 1.165) is 36.9 Å². The Balaban J connectivity index is 0.000000239. The van der Waals surface area contributed by atoms with E-state index < -0.39 is 13.3 Å². The zero-order valence-corrected chi connectivity index (χ0v) is 27.2. The zero-order chi connectivity index (χ0) is 30.2. The number of rotatable bonds is 9. The van der Waals surface area contributed by atoms with Gasteiger partial charge in [-0.15, -0.1) is 0 Å². The van der Waals surface area contributed by atoms with Crippen LogP contribution in [0.3, 0.4) is 0 Å². The fourth-order valence-electron chi connectivity index (χ4n) is 5.22. The van der Waals surface area contributed by atoms with Crippen molar-refractivity contribution in [1.29, 1.82) is 0 Å². The molecule has 2 aromatic carbocycles. The molecule has 7 nitrogen and oxygen atoms in total. The molecule has 0 spiro atoms. The molecule has 11 heteroatoms. The van der Waals surface area contributed by atoms with Gasteiger partial charge in [0.25, 0.3) is 0 Å². The maximum atomic E-state index is 13.1. The number of amides is 2. The van der Waals surface area contributed by atoms with Gasteiger partial charge in [0.1, 0.15) is 17.3 Å². The summed E-state index contributed by atoms with van der Waals surface area (Å²) in [5.41, 5.74) is 1.06. The van der Waals surface area contributed by atoms with Gasteiger partial charge in [0, 0.05) is 13.1 Å². The molecule has 2 aliphatic heterocycles. The molecular formula is C30H40F2IN2O5P. The van der Waals surface area contributed by atoms with Crippen LogP contribution in [-0.4, -0.2) is 57.5 Å². The predicted octanol–water partition coefficient (Wildman–Crippen LogP) is 7.46. The van der Waals surface area contributed by atoms with Crippen molar-refractivity contribution in [1.82, 2.24) is 9.80 Å². The van der Waals surface area contributed by atoms with Gasteiger partial charge in [-0.1, -0.05) is 46.9 Å². The molecule has 2 aliphatic rings. The summed E-state index contributed by atoms with van der Waals surface area (Å²) in [5, 5.41) is 0. The molecule has 226 valence electrons. The van der Waals surface area contributed by atoms with Crippen molar-refractivity contribution in [2.45, 2.75) is 75.0 Å². The Morgan fingerprint density at radius 1 is 0.805 bits per heavy atom. The molecule has 0 saturated carbocycles. The van der Waals surface area contributed by atoms with Gasteiger partial charge in [-0.25, -0.2) is 8.78 Å². The minimum Gasteiger partial charge on any atom is -0.335 e. The number of hydrogen-bond donors (Lipinski definition) is 0. The molecule has 2 aromatic rings. The van der Waals surface area contributed by atoms with Crippen LogP contribution in [0.4, 0.5) is 8.78 Å². The highest BCUT2D eigenvalue weighted by Crippen LogP contribution is 2.56. The highest BCUT2D eigenvalue weighted by Gasteiger charge is 2.45. The first-order valence-corrected chi connectivity index (χ1v) is 17.0. The van der Waals surface area contributed by atoms with Crippen LogP contribution in [0.2, 0.25) is 0 Å². The first kappa shape index (κ1) is 33.6. The average Bonchev–Trinajstić information content (AvgIpc) is 2.95. The molecule has 0 bridgehead atoms. The SMILES string of the molecule is CCOP(=O)(OCC)C1CCCN([C@@H](C)c2ccc(F)cc2)C1=O.C[C@@H](c1ccc(F)cc1)N1CCCC(I)C1=O. The first-order valence-electron chi connectivity index (χ1n) is 14.2. The molecule has 4 atom stereocenters. The van der Waals surface area contributed by atoms with Gasteiger partial charge in [-0.3, -0.25) is 14.2 Å². The van der Waals surface area contributed by atoms with Crippen molar-refractivity contribution in [3.8, 4) is 0 Å². The van der Waals surface area contributed by atoms with Crippen LogP contribution < -0.4 is 0 Å². The maximum absolute atomic E-state index is 13.1. The predicted molar refractivity (Wildman–Crippen MR) is 164 cm³/mol. The Hall–Kier alpha value is -1.88. The molecule has 2 amide bonds. The number of alkyl halides is 1. The van der Waals surface area contributed by atoms with Crippen molar-refractivity contribution < 1.29 is 32.0 Å². The summed E-state index contributed by atoms with van der Waals surface area (Å²) in [6.07, 6.45) is 3.23. The largest absolute Gasteiger partial charge is 0.343 e. The van der Waals surface area contributed by atoms with E-state index in [-0.39, 0.29) is 52.7 Å². The Morgan fingerprint density at radius 3 is 1.66 bits per heavy atom. The van der Waals surface area contributed by atoms with Crippen LogP contribution in [0.5, 0.6) is 0 Å². The summed E-state index contributed by atoms with van der Waals surface area (Å²) >= 11 is 2.20. The summed E-state index contributed by atoms with van der Waals surface area (Å²) in [4.78, 5) is 28.6. The number of carbonyl (C=O) groups is 2. The fourth-order valence-corrected chi connectivity index (χ4v) is 8.09. The van der Waals surface area contributed by atoms with E-state index in [1.54, 1.807) is 43.0 Å². The normalized spacial score (nSPS) is 21.2. The second-order valence-electron chi connectivity index (χ2n) is 10.2. The Labute approximate surface area is 255 Å². The summed E-state index contributed by atoms with van der Waals surface area (Å²) in [5.74, 6) is -0.569. The van der Waals surface area contributed by atoms with Gasteiger partial charge < -0.3 is 18.8 Å². The van der Waals surface area contributed by atoms with Crippen LogP contribution in [0, 0.1) is 11.6 Å². The van der Waals surface area contributed by atoms with Gasteiger partial charge >= 0.3 is 7.60 Å². The molecule has 2 heterocycles. The lowest BCUT2D eigenvalue weighted by Crippen LogP contribution is -2.45. The van der Waals surface area contributed by atoms with E-state index >= 15 is 0 Å². The monoisotopic (exact) mass is 704 g/mol. The smallest absolute Gasteiger partial charge is 0.335 e. The molecule has 0 N–H and O–H groups in total. The lowest BCUT2D eigenvalue weighted by atomic mass is 10.0. The van der Waals surface area contributed by atoms with Crippen molar-refractivity contribution in [3.05, 3.63) is 71.3 Å². The lowest BCUT2D eigenvalue weighted by molar-refractivity contribution is -0.136. The summed E-state index contributed by atoms with van der Waals surface area (Å²) in [6.45, 7) is 9.20. The highest BCUT2D eigenvalue weighted by molar-refractivity contribution is 14.1. The molecule has 2 unspecified atom stereocenters. The van der Waals surface area contributed by atoms with Crippen LogP contribution >= 0.6 is 30.2 Å². The topological polar surface area (TPSA) is 76.2 Å². The number of halogens is 3. The quantitative estimate of drug-likeness (QED) is 0.154. The lowest BCUT2D eigenvalue weighted by Gasteiger charge is -2.38. The average molecular weight is 705 g/mol. The fraction of sp³-hybridized carbons (Fsp3) is 0.533. The third-order valence-electron chi connectivity index (χ3n) is 7.49. The van der Waals surface area contributed by atoms with Gasteiger partial charge in [0.2, 0.25) is 11.8 Å². The van der Waals surface area contributed by atoms with E-state index in [0.29, 0.717) is 13.0 Å². The summed E-state index contributed by atoms with van der Waals surface area (Å²) in [7, 11) is -3.48. The number of likely N-dealkylation sites (tertiary alicyclic amines) is 2. The van der Waals surface area contributed by atoms with Gasteiger partial charge in [-0.05, 0) is 88.8 Å². The molecule has 2 fully saturated rings. The first-order chi connectivity index (χ1) is 19.5. The second kappa shape index (κ2) is 15.5. The number of hydrogen-bond acceptors (Lipinski definition) is 5. The molecule has 41 heavy (non-hydrogen) atoms. The van der Waals surface area contributed by atoms with E-state index in [9.17, 15) is 22.9 Å². The van der Waals surface area contributed by atoms with Crippen molar-refractivity contribution >= 4 is 42.0 Å². The molecule has 0 radical (unpaired) electrons. The van der Waals surface area contributed by atoms with E-state index in [2.05, 4.69) is 22.6 Å². The van der Waals surface area contributed by atoms with Crippen LogP contribution in [0.25, 0.3) is 0 Å². The number of piperidine rings is 2. The van der Waals surface area contributed by atoms with E-state index in [4.69, 9.17) is 9.05 Å². The van der Waals surface area contributed by atoms with Gasteiger partial charge in [-0.2, -0.15) is 0 Å². The zero-order valence-electron chi connectivity index (χ0n) is 24.1. The molecule has 4 rings (SSSR count). The summed E-state index contributed by atoms with van der Waals surface area (Å²) in [6, 6.07) is 12.3. The molecule has 0 aromatic heterocycles. The molecule has 2 saturated heterocycles. The van der Waals surface area contributed by atoms with Crippen molar-refractivity contribution in [3.63, 3.8) is 0 Å².